The highest BCUT2D eigenvalue weighted by Crippen LogP contribution is 2.09. The highest BCUT2D eigenvalue weighted by molar-refractivity contribution is 5.22. The summed E-state index contributed by atoms with van der Waals surface area (Å²) in [7, 11) is 3.65. The molecule has 0 unspecified atom stereocenters. The first kappa shape index (κ1) is 7.08. The van der Waals surface area contributed by atoms with Gasteiger partial charge in [0.1, 0.15) is 12.0 Å². The van der Waals surface area contributed by atoms with Gasteiger partial charge in [0.2, 0.25) is 0 Å². The summed E-state index contributed by atoms with van der Waals surface area (Å²) in [6, 6.07) is 0.518. The first-order valence-corrected chi connectivity index (χ1v) is 2.96. The number of rotatable bonds is 2. The van der Waals surface area contributed by atoms with Crippen LogP contribution >= 0.6 is 0 Å². The van der Waals surface area contributed by atoms with Crippen molar-refractivity contribution >= 4 is 6.01 Å². The predicted octanol–water partition coefficient (Wildman–Crippen LogP) is 0.233. The zero-order chi connectivity index (χ0) is 7.56. The van der Waals surface area contributed by atoms with Gasteiger partial charge in [-0.2, -0.15) is 4.98 Å². The maximum atomic E-state index is 8.59. The van der Waals surface area contributed by atoms with Gasteiger partial charge in [-0.3, -0.25) is 0 Å². The summed E-state index contributed by atoms with van der Waals surface area (Å²) < 4.78 is 4.97. The first-order chi connectivity index (χ1) is 4.74. The molecule has 1 heterocycles. The zero-order valence-electron chi connectivity index (χ0n) is 6.03. The van der Waals surface area contributed by atoms with Gasteiger partial charge >= 0.3 is 0 Å². The van der Waals surface area contributed by atoms with Gasteiger partial charge in [-0.25, -0.2) is 0 Å². The first-order valence-electron chi connectivity index (χ1n) is 2.96. The Kier molecular flexibility index (Phi) is 1.91. The number of nitrogens with zero attached hydrogens (tertiary/aromatic N) is 2. The minimum absolute atomic E-state index is 0.0721. The standard InChI is InChI=1S/C6H10N2O2/c1-8(2)6-7-5(3-9)4-10-6/h4,9H,3H2,1-2H3. The molecule has 4 nitrogen and oxygen atoms in total. The molecule has 0 aliphatic carbocycles. The molecule has 10 heavy (non-hydrogen) atoms. The topological polar surface area (TPSA) is 49.5 Å². The Morgan fingerprint density at radius 1 is 1.70 bits per heavy atom. The van der Waals surface area contributed by atoms with Crippen molar-refractivity contribution in [1.29, 1.82) is 0 Å². The molecule has 0 aromatic carbocycles. The zero-order valence-corrected chi connectivity index (χ0v) is 6.03. The second-order valence-electron chi connectivity index (χ2n) is 2.17. The number of aliphatic hydroxyl groups excluding tert-OH is 1. The fourth-order valence-corrected chi connectivity index (χ4v) is 0.574. The van der Waals surface area contributed by atoms with Crippen LogP contribution in [0.15, 0.2) is 10.7 Å². The molecule has 0 saturated carbocycles. The molecule has 0 fully saturated rings. The van der Waals surface area contributed by atoms with Crippen molar-refractivity contribution in [1.82, 2.24) is 4.98 Å². The van der Waals surface area contributed by atoms with Crippen molar-refractivity contribution in [2.24, 2.45) is 0 Å². The van der Waals surface area contributed by atoms with Gasteiger partial charge in [0.15, 0.2) is 0 Å². The fourth-order valence-electron chi connectivity index (χ4n) is 0.574. The smallest absolute Gasteiger partial charge is 0.296 e. The van der Waals surface area contributed by atoms with Crippen molar-refractivity contribution < 1.29 is 9.52 Å². The number of hydrogen-bond acceptors (Lipinski definition) is 4. The summed E-state index contributed by atoms with van der Waals surface area (Å²) in [5, 5.41) is 8.59. The largest absolute Gasteiger partial charge is 0.432 e. The molecule has 0 bridgehead atoms. The molecule has 0 saturated heterocycles. The van der Waals surface area contributed by atoms with E-state index in [4.69, 9.17) is 9.52 Å². The van der Waals surface area contributed by atoms with Crippen LogP contribution < -0.4 is 4.90 Å². The van der Waals surface area contributed by atoms with E-state index in [1.165, 1.54) is 6.26 Å². The number of aromatic nitrogens is 1. The summed E-state index contributed by atoms with van der Waals surface area (Å²) in [5.41, 5.74) is 0.559. The third-order valence-corrected chi connectivity index (χ3v) is 1.08. The summed E-state index contributed by atoms with van der Waals surface area (Å²) in [4.78, 5) is 5.67. The van der Waals surface area contributed by atoms with E-state index in [2.05, 4.69) is 4.98 Å². The minimum atomic E-state index is -0.0721. The van der Waals surface area contributed by atoms with Gasteiger partial charge in [0.25, 0.3) is 6.01 Å². The lowest BCUT2D eigenvalue weighted by atomic mass is 10.5. The molecule has 1 N–H and O–H groups in total. The molecule has 0 spiro atoms. The van der Waals surface area contributed by atoms with Crippen LogP contribution in [0.25, 0.3) is 0 Å². The van der Waals surface area contributed by atoms with Crippen LogP contribution in [0, 0.1) is 0 Å². The van der Waals surface area contributed by atoms with E-state index in [1.54, 1.807) is 4.90 Å². The van der Waals surface area contributed by atoms with Gasteiger partial charge in [-0.05, 0) is 0 Å². The SMILES string of the molecule is CN(C)c1nc(CO)co1. The van der Waals surface area contributed by atoms with Crippen LogP contribution in [-0.4, -0.2) is 24.2 Å². The average molecular weight is 142 g/mol. The normalized spacial score (nSPS) is 9.90. The number of hydrogen-bond donors (Lipinski definition) is 1. The van der Waals surface area contributed by atoms with Crippen molar-refractivity contribution in [3.05, 3.63) is 12.0 Å². The molecular formula is C6H10N2O2. The lowest BCUT2D eigenvalue weighted by Gasteiger charge is -2.03. The summed E-state index contributed by atoms with van der Waals surface area (Å²) in [5.74, 6) is 0. The number of aliphatic hydroxyl groups is 1. The lowest BCUT2D eigenvalue weighted by molar-refractivity contribution is 0.276. The highest BCUT2D eigenvalue weighted by atomic mass is 16.4. The van der Waals surface area contributed by atoms with Crippen LogP contribution in [-0.2, 0) is 6.61 Å². The van der Waals surface area contributed by atoms with Crippen LogP contribution in [0.2, 0.25) is 0 Å². The third-order valence-electron chi connectivity index (χ3n) is 1.08. The van der Waals surface area contributed by atoms with E-state index in [0.717, 1.165) is 0 Å². The van der Waals surface area contributed by atoms with Crippen molar-refractivity contribution in [3.8, 4) is 0 Å². The Bertz CT molecular complexity index is 207. The molecule has 0 aliphatic heterocycles. The maximum absolute atomic E-state index is 8.59. The molecular weight excluding hydrogens is 132 g/mol. The molecule has 56 valence electrons. The lowest BCUT2D eigenvalue weighted by Crippen LogP contribution is -2.08. The monoisotopic (exact) mass is 142 g/mol. The molecule has 1 rings (SSSR count). The molecule has 0 aliphatic rings. The van der Waals surface area contributed by atoms with Gasteiger partial charge in [-0.1, -0.05) is 0 Å². The Morgan fingerprint density at radius 2 is 2.40 bits per heavy atom. The molecule has 4 heteroatoms. The molecule has 0 atom stereocenters. The van der Waals surface area contributed by atoms with Crippen LogP contribution in [0.4, 0.5) is 6.01 Å². The van der Waals surface area contributed by atoms with E-state index < -0.39 is 0 Å². The summed E-state index contributed by atoms with van der Waals surface area (Å²) in [6.45, 7) is -0.0721. The van der Waals surface area contributed by atoms with Gasteiger partial charge in [-0.15, -0.1) is 0 Å². The Morgan fingerprint density at radius 3 is 2.70 bits per heavy atom. The van der Waals surface area contributed by atoms with Gasteiger partial charge < -0.3 is 14.4 Å². The van der Waals surface area contributed by atoms with E-state index in [-0.39, 0.29) is 6.61 Å². The van der Waals surface area contributed by atoms with E-state index in [9.17, 15) is 0 Å². The van der Waals surface area contributed by atoms with Crippen molar-refractivity contribution in [2.75, 3.05) is 19.0 Å². The minimum Gasteiger partial charge on any atom is -0.432 e. The van der Waals surface area contributed by atoms with E-state index in [0.29, 0.717) is 11.7 Å². The fraction of sp³-hybridized carbons (Fsp3) is 0.500. The van der Waals surface area contributed by atoms with E-state index in [1.807, 2.05) is 14.1 Å². The quantitative estimate of drug-likeness (QED) is 0.642. The average Bonchev–Trinajstić information content (AvgIpc) is 2.34. The highest BCUT2D eigenvalue weighted by Gasteiger charge is 2.02. The second-order valence-corrected chi connectivity index (χ2v) is 2.17. The molecule has 0 amide bonds. The van der Waals surface area contributed by atoms with Crippen molar-refractivity contribution in [3.63, 3.8) is 0 Å². The summed E-state index contributed by atoms with van der Waals surface area (Å²) in [6.07, 6.45) is 1.44. The van der Waals surface area contributed by atoms with E-state index >= 15 is 0 Å². The van der Waals surface area contributed by atoms with Crippen LogP contribution in [0.1, 0.15) is 5.69 Å². The third kappa shape index (κ3) is 1.27. The number of anilines is 1. The number of oxazole rings is 1. The molecule has 1 aromatic rings. The predicted molar refractivity (Wildman–Crippen MR) is 36.8 cm³/mol. The Balaban J connectivity index is 2.78. The molecule has 0 radical (unpaired) electrons. The van der Waals surface area contributed by atoms with Gasteiger partial charge in [0.05, 0.1) is 6.61 Å². The van der Waals surface area contributed by atoms with Crippen molar-refractivity contribution in [2.45, 2.75) is 6.61 Å². The van der Waals surface area contributed by atoms with Crippen LogP contribution in [0.5, 0.6) is 0 Å². The van der Waals surface area contributed by atoms with Crippen LogP contribution in [0.3, 0.4) is 0 Å². The Labute approximate surface area is 59.1 Å². The maximum Gasteiger partial charge on any atom is 0.296 e. The summed E-state index contributed by atoms with van der Waals surface area (Å²) >= 11 is 0. The van der Waals surface area contributed by atoms with Gasteiger partial charge in [0, 0.05) is 14.1 Å². The Hall–Kier alpha value is -1.03. The second kappa shape index (κ2) is 2.70. The molecule has 1 aromatic heterocycles.